The van der Waals surface area contributed by atoms with Gasteiger partial charge in [0, 0.05) is 18.0 Å². The Kier molecular flexibility index (Phi) is 1.78. The molecule has 3 rings (SSSR count). The van der Waals surface area contributed by atoms with E-state index in [1.165, 1.54) is 0 Å². The molecule has 3 aliphatic rings. The molecular formula is C12H11NO2. The Bertz CT molecular complexity index is 431. The summed E-state index contributed by atoms with van der Waals surface area (Å²) in [5, 5.41) is 2.89. The Hall–Kier alpha value is -1.77. The topological polar surface area (TPSA) is 38.3 Å². The molecule has 1 fully saturated rings. The Morgan fingerprint density at radius 3 is 3.13 bits per heavy atom. The van der Waals surface area contributed by atoms with Gasteiger partial charge >= 0.3 is 0 Å². The number of carbonyl (C=O) groups excluding carboxylic acids is 1. The summed E-state index contributed by atoms with van der Waals surface area (Å²) in [5.74, 6) is 0.974. The van der Waals surface area contributed by atoms with Gasteiger partial charge < -0.3 is 10.1 Å². The summed E-state index contributed by atoms with van der Waals surface area (Å²) in [7, 11) is 0. The van der Waals surface area contributed by atoms with E-state index in [9.17, 15) is 4.79 Å². The van der Waals surface area contributed by atoms with Crippen molar-refractivity contribution in [3.8, 4) is 0 Å². The predicted molar refractivity (Wildman–Crippen MR) is 55.3 cm³/mol. The number of ether oxygens (including phenoxy) is 1. The van der Waals surface area contributed by atoms with Crippen molar-refractivity contribution in [3.05, 3.63) is 47.6 Å². The summed E-state index contributed by atoms with van der Waals surface area (Å²) < 4.78 is 5.34. The highest BCUT2D eigenvalue weighted by Crippen LogP contribution is 2.36. The number of hydrogen-bond acceptors (Lipinski definition) is 2. The molecule has 0 spiro atoms. The minimum atomic E-state index is -0.00588. The molecule has 0 aromatic rings. The van der Waals surface area contributed by atoms with E-state index >= 15 is 0 Å². The van der Waals surface area contributed by atoms with E-state index in [0.29, 0.717) is 0 Å². The second-order valence-electron chi connectivity index (χ2n) is 3.82. The fraction of sp³-hybridized carbons (Fsp3) is 0.250. The van der Waals surface area contributed by atoms with Gasteiger partial charge in [-0.3, -0.25) is 4.79 Å². The van der Waals surface area contributed by atoms with Crippen LogP contribution in [0.5, 0.6) is 0 Å². The second kappa shape index (κ2) is 3.12. The second-order valence-corrected chi connectivity index (χ2v) is 3.82. The fourth-order valence-electron chi connectivity index (χ4n) is 2.22. The third-order valence-corrected chi connectivity index (χ3v) is 2.92. The van der Waals surface area contributed by atoms with Gasteiger partial charge in [0.2, 0.25) is 0 Å². The first-order chi connectivity index (χ1) is 7.36. The first-order valence-corrected chi connectivity index (χ1v) is 5.09. The van der Waals surface area contributed by atoms with Crippen LogP contribution in [0.15, 0.2) is 47.6 Å². The van der Waals surface area contributed by atoms with Crippen LogP contribution in [0.25, 0.3) is 0 Å². The maximum atomic E-state index is 11.8. The molecular weight excluding hydrogens is 190 g/mol. The van der Waals surface area contributed by atoms with Crippen molar-refractivity contribution in [3.63, 3.8) is 0 Å². The summed E-state index contributed by atoms with van der Waals surface area (Å²) >= 11 is 0. The molecule has 1 saturated heterocycles. The van der Waals surface area contributed by atoms with Crippen LogP contribution < -0.4 is 5.32 Å². The summed E-state index contributed by atoms with van der Waals surface area (Å²) in [5.41, 5.74) is 1.80. The number of nitrogens with one attached hydrogen (secondary N) is 1. The smallest absolute Gasteiger partial charge is 0.255 e. The largest absolute Gasteiger partial charge is 0.469 e. The Morgan fingerprint density at radius 2 is 2.33 bits per heavy atom. The van der Waals surface area contributed by atoms with Crippen LogP contribution in [0.3, 0.4) is 0 Å². The zero-order chi connectivity index (χ0) is 10.3. The number of fused-ring (bicyclic) bond motifs is 1. The van der Waals surface area contributed by atoms with Crippen LogP contribution in [0.4, 0.5) is 0 Å². The molecule has 1 N–H and O–H groups in total. The van der Waals surface area contributed by atoms with Gasteiger partial charge in [-0.2, -0.15) is 0 Å². The molecule has 1 aliphatic carbocycles. The van der Waals surface area contributed by atoms with E-state index in [1.807, 2.05) is 18.2 Å². The van der Waals surface area contributed by atoms with Crippen molar-refractivity contribution < 1.29 is 9.53 Å². The van der Waals surface area contributed by atoms with Crippen molar-refractivity contribution in [1.29, 1.82) is 0 Å². The maximum absolute atomic E-state index is 11.8. The van der Waals surface area contributed by atoms with Gasteiger partial charge in [-0.05, 0) is 18.6 Å². The van der Waals surface area contributed by atoms with Gasteiger partial charge in [0.1, 0.15) is 5.76 Å². The molecule has 0 saturated carbocycles. The number of hydrogen-bond donors (Lipinski definition) is 1. The third-order valence-electron chi connectivity index (χ3n) is 2.92. The van der Waals surface area contributed by atoms with Crippen LogP contribution in [0.1, 0.15) is 12.8 Å². The zero-order valence-electron chi connectivity index (χ0n) is 8.19. The Balaban J connectivity index is 2.03. The van der Waals surface area contributed by atoms with Crippen molar-refractivity contribution >= 4 is 5.91 Å². The van der Waals surface area contributed by atoms with Gasteiger partial charge in [-0.15, -0.1) is 0 Å². The maximum Gasteiger partial charge on any atom is 0.255 e. The van der Waals surface area contributed by atoms with Gasteiger partial charge in [0.15, 0.2) is 0 Å². The van der Waals surface area contributed by atoms with Gasteiger partial charge in [-0.1, -0.05) is 12.2 Å². The Labute approximate surface area is 87.8 Å². The van der Waals surface area contributed by atoms with Crippen LogP contribution in [0.2, 0.25) is 0 Å². The lowest BCUT2D eigenvalue weighted by atomic mass is 9.91. The van der Waals surface area contributed by atoms with Crippen LogP contribution >= 0.6 is 0 Å². The molecule has 3 nitrogen and oxygen atoms in total. The standard InChI is InChI=1S/C12H11NO2/c14-12-11(10-6-3-7-15-10)8-4-1-2-5-9(8)13-12/h1-3,5,7-8H,4,6H2,(H,13,14). The molecule has 76 valence electrons. The highest BCUT2D eigenvalue weighted by Gasteiger charge is 2.36. The van der Waals surface area contributed by atoms with E-state index < -0.39 is 0 Å². The van der Waals surface area contributed by atoms with Gasteiger partial charge in [0.05, 0.1) is 11.8 Å². The normalized spacial score (nSPS) is 32.4. The minimum Gasteiger partial charge on any atom is -0.469 e. The highest BCUT2D eigenvalue weighted by atomic mass is 16.5. The third kappa shape index (κ3) is 1.23. The first kappa shape index (κ1) is 8.53. The van der Waals surface area contributed by atoms with E-state index in [1.54, 1.807) is 6.26 Å². The van der Waals surface area contributed by atoms with Crippen molar-refractivity contribution in [1.82, 2.24) is 5.32 Å². The summed E-state index contributed by atoms with van der Waals surface area (Å²) in [4.78, 5) is 11.8. The zero-order valence-corrected chi connectivity index (χ0v) is 8.19. The van der Waals surface area contributed by atoms with Crippen molar-refractivity contribution in [2.75, 3.05) is 0 Å². The SMILES string of the molecule is O=C1NC2=CC=CCC2C1=C1CC=CO1. The molecule has 0 radical (unpaired) electrons. The molecule has 1 unspecified atom stereocenters. The molecule has 15 heavy (non-hydrogen) atoms. The molecule has 1 atom stereocenters. The van der Waals surface area contributed by atoms with Crippen LogP contribution in [0, 0.1) is 5.92 Å². The molecule has 2 aliphatic heterocycles. The van der Waals surface area contributed by atoms with Crippen molar-refractivity contribution in [2.45, 2.75) is 12.8 Å². The lowest BCUT2D eigenvalue weighted by Crippen LogP contribution is -2.14. The minimum absolute atomic E-state index is 0.00588. The highest BCUT2D eigenvalue weighted by molar-refractivity contribution is 5.99. The quantitative estimate of drug-likeness (QED) is 0.606. The molecule has 0 bridgehead atoms. The molecule has 3 heteroatoms. The summed E-state index contributed by atoms with van der Waals surface area (Å²) in [6, 6.07) is 0. The number of carbonyl (C=O) groups is 1. The van der Waals surface area contributed by atoms with Gasteiger partial charge in [-0.25, -0.2) is 0 Å². The first-order valence-electron chi connectivity index (χ1n) is 5.09. The van der Waals surface area contributed by atoms with E-state index in [0.717, 1.165) is 29.9 Å². The lowest BCUT2D eigenvalue weighted by molar-refractivity contribution is -0.116. The fourth-order valence-corrected chi connectivity index (χ4v) is 2.22. The molecule has 0 aromatic carbocycles. The predicted octanol–water partition coefficient (Wildman–Crippen LogP) is 1.76. The molecule has 0 aromatic heterocycles. The lowest BCUT2D eigenvalue weighted by Gasteiger charge is -2.13. The number of amides is 1. The average Bonchev–Trinajstić information content (AvgIpc) is 2.82. The van der Waals surface area contributed by atoms with E-state index in [2.05, 4.69) is 11.4 Å². The van der Waals surface area contributed by atoms with Crippen LogP contribution in [-0.4, -0.2) is 5.91 Å². The average molecular weight is 201 g/mol. The monoisotopic (exact) mass is 201 g/mol. The number of rotatable bonds is 0. The molecule has 1 amide bonds. The van der Waals surface area contributed by atoms with E-state index in [4.69, 9.17) is 4.74 Å². The molecule has 2 heterocycles. The van der Waals surface area contributed by atoms with E-state index in [-0.39, 0.29) is 11.8 Å². The van der Waals surface area contributed by atoms with Crippen molar-refractivity contribution in [2.24, 2.45) is 5.92 Å². The Morgan fingerprint density at radius 1 is 1.40 bits per heavy atom. The summed E-state index contributed by atoms with van der Waals surface area (Å²) in [6.45, 7) is 0. The number of allylic oxidation sites excluding steroid dienone is 5. The van der Waals surface area contributed by atoms with Crippen LogP contribution in [-0.2, 0) is 9.53 Å². The summed E-state index contributed by atoms with van der Waals surface area (Å²) in [6.07, 6.45) is 11.2. The van der Waals surface area contributed by atoms with Gasteiger partial charge in [0.25, 0.3) is 5.91 Å².